The molecule has 2 amide bonds. The van der Waals surface area contributed by atoms with E-state index in [4.69, 9.17) is 0 Å². The lowest BCUT2D eigenvalue weighted by atomic mass is 9.98. The smallest absolute Gasteiger partial charge is 0.220 e. The second kappa shape index (κ2) is 34.0. The first kappa shape index (κ1) is 42.2. The van der Waals surface area contributed by atoms with Crippen molar-refractivity contribution in [1.82, 2.24) is 10.6 Å². The van der Waals surface area contributed by atoms with Gasteiger partial charge in [-0.15, -0.1) is 0 Å². The standard InChI is InChI=1S/C40H74N2O2/c1-5-7-9-11-13-15-17-18-19-20-22-24-26-28-30-35-40(44)42-38(37(3)4)33-31-32-36-41-39(43)34-29-27-25-23-21-16-14-12-10-8-6-2/h7,9,13,15,18-19,37-38H,5-6,8,10-12,14,16-17,20-36H2,1-4H3,(H,41,43)(H,42,44)/b9-7-,15-13-,19-18-/t38-/m0/s1. The SMILES string of the molecule is CC/C=C\C/C=C\C/C=C\CCCCCCCC(=O)N[C@@H](CCCCNC(=O)CCCCCCCCCCCCC)C(C)C. The molecule has 0 saturated heterocycles. The van der Waals surface area contributed by atoms with Crippen LogP contribution in [0, 0.1) is 5.92 Å². The van der Waals surface area contributed by atoms with Gasteiger partial charge in [0.05, 0.1) is 0 Å². The minimum Gasteiger partial charge on any atom is -0.356 e. The van der Waals surface area contributed by atoms with Crippen molar-refractivity contribution >= 4 is 11.8 Å². The lowest BCUT2D eigenvalue weighted by Gasteiger charge is -2.22. The Balaban J connectivity index is 3.69. The summed E-state index contributed by atoms with van der Waals surface area (Å²) in [4.78, 5) is 24.7. The van der Waals surface area contributed by atoms with Crippen molar-refractivity contribution in [2.75, 3.05) is 6.54 Å². The first-order chi connectivity index (χ1) is 21.5. The Labute approximate surface area is 274 Å². The summed E-state index contributed by atoms with van der Waals surface area (Å²) in [5.74, 6) is 0.825. The molecule has 0 saturated carbocycles. The van der Waals surface area contributed by atoms with Gasteiger partial charge < -0.3 is 10.6 Å². The molecule has 4 heteroatoms. The number of rotatable bonds is 32. The largest absolute Gasteiger partial charge is 0.356 e. The molecular formula is C40H74N2O2. The molecule has 0 bridgehead atoms. The molecule has 0 radical (unpaired) electrons. The van der Waals surface area contributed by atoms with Crippen LogP contribution in [0.15, 0.2) is 36.5 Å². The summed E-state index contributed by atoms with van der Waals surface area (Å²) in [6.45, 7) is 9.56. The van der Waals surface area contributed by atoms with Gasteiger partial charge in [-0.3, -0.25) is 9.59 Å². The van der Waals surface area contributed by atoms with Gasteiger partial charge in [-0.2, -0.15) is 0 Å². The number of allylic oxidation sites excluding steroid dienone is 6. The van der Waals surface area contributed by atoms with Crippen molar-refractivity contribution in [1.29, 1.82) is 0 Å². The van der Waals surface area contributed by atoms with Crippen LogP contribution in [0.1, 0.15) is 188 Å². The highest BCUT2D eigenvalue weighted by Gasteiger charge is 2.15. The zero-order valence-electron chi connectivity index (χ0n) is 29.8. The Morgan fingerprint density at radius 2 is 1.05 bits per heavy atom. The number of unbranched alkanes of at least 4 members (excludes halogenated alkanes) is 16. The average molecular weight is 615 g/mol. The van der Waals surface area contributed by atoms with Crippen LogP contribution >= 0.6 is 0 Å². The predicted molar refractivity (Wildman–Crippen MR) is 194 cm³/mol. The lowest BCUT2D eigenvalue weighted by Crippen LogP contribution is -2.38. The molecule has 2 N–H and O–H groups in total. The second-order valence-electron chi connectivity index (χ2n) is 13.1. The molecule has 0 aliphatic carbocycles. The molecular weight excluding hydrogens is 540 g/mol. The normalized spacial score (nSPS) is 12.7. The third-order valence-corrected chi connectivity index (χ3v) is 8.48. The average Bonchev–Trinajstić information content (AvgIpc) is 3.00. The predicted octanol–water partition coefficient (Wildman–Crippen LogP) is 11.7. The van der Waals surface area contributed by atoms with E-state index in [0.29, 0.717) is 18.8 Å². The van der Waals surface area contributed by atoms with Gasteiger partial charge >= 0.3 is 0 Å². The molecule has 256 valence electrons. The summed E-state index contributed by atoms with van der Waals surface area (Å²) in [5.41, 5.74) is 0. The first-order valence-corrected chi connectivity index (χ1v) is 19.0. The van der Waals surface area contributed by atoms with E-state index >= 15 is 0 Å². The fourth-order valence-electron chi connectivity index (χ4n) is 5.51. The van der Waals surface area contributed by atoms with Crippen LogP contribution in [-0.2, 0) is 9.59 Å². The van der Waals surface area contributed by atoms with Gasteiger partial charge in [0.15, 0.2) is 0 Å². The van der Waals surface area contributed by atoms with Gasteiger partial charge in [0.2, 0.25) is 11.8 Å². The van der Waals surface area contributed by atoms with Crippen molar-refractivity contribution in [3.63, 3.8) is 0 Å². The summed E-state index contributed by atoms with van der Waals surface area (Å²) < 4.78 is 0. The number of hydrogen-bond acceptors (Lipinski definition) is 2. The molecule has 1 atom stereocenters. The maximum atomic E-state index is 12.5. The minimum absolute atomic E-state index is 0.199. The van der Waals surface area contributed by atoms with E-state index in [1.807, 2.05) is 0 Å². The van der Waals surface area contributed by atoms with Crippen molar-refractivity contribution in [2.24, 2.45) is 5.92 Å². The van der Waals surface area contributed by atoms with Crippen LogP contribution in [0.4, 0.5) is 0 Å². The van der Waals surface area contributed by atoms with Crippen LogP contribution in [0.25, 0.3) is 0 Å². The molecule has 0 unspecified atom stereocenters. The van der Waals surface area contributed by atoms with Crippen LogP contribution in [0.2, 0.25) is 0 Å². The van der Waals surface area contributed by atoms with Gasteiger partial charge in [0, 0.05) is 25.4 Å². The van der Waals surface area contributed by atoms with Gasteiger partial charge in [-0.1, -0.05) is 148 Å². The van der Waals surface area contributed by atoms with Gasteiger partial charge in [-0.25, -0.2) is 0 Å². The molecule has 44 heavy (non-hydrogen) atoms. The van der Waals surface area contributed by atoms with E-state index < -0.39 is 0 Å². The van der Waals surface area contributed by atoms with Crippen LogP contribution in [-0.4, -0.2) is 24.4 Å². The van der Waals surface area contributed by atoms with Crippen LogP contribution < -0.4 is 10.6 Å². The lowest BCUT2D eigenvalue weighted by molar-refractivity contribution is -0.122. The number of amides is 2. The highest BCUT2D eigenvalue weighted by molar-refractivity contribution is 5.76. The molecule has 0 aliphatic heterocycles. The van der Waals surface area contributed by atoms with Gasteiger partial charge in [0.25, 0.3) is 0 Å². The Morgan fingerprint density at radius 3 is 1.61 bits per heavy atom. The zero-order chi connectivity index (χ0) is 32.4. The maximum absolute atomic E-state index is 12.5. The van der Waals surface area contributed by atoms with E-state index in [9.17, 15) is 9.59 Å². The molecule has 0 rings (SSSR count). The van der Waals surface area contributed by atoms with Crippen LogP contribution in [0.3, 0.4) is 0 Å². The molecule has 4 nitrogen and oxygen atoms in total. The Bertz CT molecular complexity index is 725. The topological polar surface area (TPSA) is 58.2 Å². The number of carbonyl (C=O) groups excluding carboxylic acids is 2. The Hall–Kier alpha value is -1.84. The van der Waals surface area contributed by atoms with E-state index in [-0.39, 0.29) is 17.9 Å². The third-order valence-electron chi connectivity index (χ3n) is 8.48. The fourth-order valence-corrected chi connectivity index (χ4v) is 5.51. The quantitative estimate of drug-likeness (QED) is 0.0585. The van der Waals surface area contributed by atoms with E-state index in [1.165, 1.54) is 83.5 Å². The first-order valence-electron chi connectivity index (χ1n) is 19.0. The fraction of sp³-hybridized carbons (Fsp3) is 0.800. The molecule has 0 spiro atoms. The maximum Gasteiger partial charge on any atom is 0.220 e. The minimum atomic E-state index is 0.199. The molecule has 0 heterocycles. The summed E-state index contributed by atoms with van der Waals surface area (Å²) >= 11 is 0. The number of carbonyl (C=O) groups is 2. The van der Waals surface area contributed by atoms with Crippen molar-refractivity contribution in [2.45, 2.75) is 194 Å². The molecule has 0 aromatic rings. The van der Waals surface area contributed by atoms with E-state index in [1.54, 1.807) is 0 Å². The third kappa shape index (κ3) is 31.6. The Morgan fingerprint density at radius 1 is 0.545 bits per heavy atom. The van der Waals surface area contributed by atoms with Crippen molar-refractivity contribution < 1.29 is 9.59 Å². The summed E-state index contributed by atoms with van der Waals surface area (Å²) in [5, 5.41) is 6.38. The Kier molecular flexibility index (Phi) is 32.6. The monoisotopic (exact) mass is 615 g/mol. The van der Waals surface area contributed by atoms with Gasteiger partial charge in [-0.05, 0) is 70.1 Å². The van der Waals surface area contributed by atoms with Crippen LogP contribution in [0.5, 0.6) is 0 Å². The number of hydrogen-bond donors (Lipinski definition) is 2. The van der Waals surface area contributed by atoms with E-state index in [2.05, 4.69) is 74.8 Å². The molecule has 0 aliphatic rings. The second-order valence-corrected chi connectivity index (χ2v) is 13.1. The number of nitrogens with one attached hydrogen (secondary N) is 2. The van der Waals surface area contributed by atoms with Crippen molar-refractivity contribution in [3.8, 4) is 0 Å². The molecule has 0 aromatic carbocycles. The zero-order valence-corrected chi connectivity index (χ0v) is 29.8. The van der Waals surface area contributed by atoms with Gasteiger partial charge in [0.1, 0.15) is 0 Å². The molecule has 0 aromatic heterocycles. The van der Waals surface area contributed by atoms with Crippen molar-refractivity contribution in [3.05, 3.63) is 36.5 Å². The van der Waals surface area contributed by atoms with E-state index in [0.717, 1.165) is 70.8 Å². The summed E-state index contributed by atoms with van der Waals surface area (Å²) in [7, 11) is 0. The summed E-state index contributed by atoms with van der Waals surface area (Å²) in [6, 6.07) is 0.226. The molecule has 0 fully saturated rings. The highest BCUT2D eigenvalue weighted by Crippen LogP contribution is 2.14. The highest BCUT2D eigenvalue weighted by atomic mass is 16.2. The summed E-state index contributed by atoms with van der Waals surface area (Å²) in [6.07, 6.45) is 42.3.